The molecule has 1 aromatic rings. The molecule has 1 heterocycles. The van der Waals surface area contributed by atoms with Crippen LogP contribution in [-0.2, 0) is 43.9 Å². The standard InChI is InChI=1S/C17H21NOP.Y/c1-11-17(2,3)19-16(18-11)15-13-9-7-6-8-12(13)10-14(15)20(4)5;/h6-9H,10H2,1-5H3;/q-1;. The summed E-state index contributed by atoms with van der Waals surface area (Å²) in [6, 6.07) is 9.69. The molecule has 1 aliphatic carbocycles. The van der Waals surface area contributed by atoms with Crippen molar-refractivity contribution >= 4 is 19.4 Å². The van der Waals surface area contributed by atoms with E-state index < -0.39 is 0 Å². The molecule has 0 saturated carbocycles. The van der Waals surface area contributed by atoms with Crippen molar-refractivity contribution < 1.29 is 37.4 Å². The molecule has 0 fully saturated rings. The van der Waals surface area contributed by atoms with Crippen LogP contribution in [0, 0.1) is 6.04 Å². The van der Waals surface area contributed by atoms with Gasteiger partial charge in [0, 0.05) is 32.7 Å². The Labute approximate surface area is 154 Å². The van der Waals surface area contributed by atoms with E-state index in [2.05, 4.69) is 58.4 Å². The molecule has 0 unspecified atom stereocenters. The van der Waals surface area contributed by atoms with Crippen molar-refractivity contribution in [3.63, 3.8) is 0 Å². The van der Waals surface area contributed by atoms with Gasteiger partial charge in [-0.3, -0.25) is 0 Å². The van der Waals surface area contributed by atoms with Crippen LogP contribution in [0.5, 0.6) is 0 Å². The Bertz CT molecular complexity index is 619. The molecular weight excluding hydrogens is 354 g/mol. The minimum absolute atomic E-state index is 0. The normalized spacial score (nSPS) is 19.3. The van der Waals surface area contributed by atoms with E-state index in [1.54, 1.807) is 0 Å². The van der Waals surface area contributed by atoms with Gasteiger partial charge in [0.05, 0.1) is 11.5 Å². The van der Waals surface area contributed by atoms with Crippen LogP contribution >= 0.6 is 7.92 Å². The molecule has 4 heteroatoms. The summed E-state index contributed by atoms with van der Waals surface area (Å²) in [5, 5.41) is 1.51. The van der Waals surface area contributed by atoms with Crippen LogP contribution in [0.25, 0.3) is 5.57 Å². The Morgan fingerprint density at radius 1 is 1.24 bits per heavy atom. The first kappa shape index (κ1) is 17.2. The zero-order chi connectivity index (χ0) is 14.5. The summed E-state index contributed by atoms with van der Waals surface area (Å²) < 4.78 is 6.15. The number of fused-ring (bicyclic) bond motifs is 1. The summed E-state index contributed by atoms with van der Waals surface area (Å²) in [5.41, 5.74) is 3.68. The van der Waals surface area contributed by atoms with E-state index >= 15 is 0 Å². The van der Waals surface area contributed by atoms with Gasteiger partial charge in [-0.1, -0.05) is 45.2 Å². The SMILES string of the molecule is C[C-]1N=C(C2=C(P(C)C)Cc3ccccc32)OC1(C)C.[Y]. The Hall–Kier alpha value is -0.166. The van der Waals surface area contributed by atoms with Crippen LogP contribution in [0.1, 0.15) is 31.9 Å². The van der Waals surface area contributed by atoms with Gasteiger partial charge in [0.1, 0.15) is 0 Å². The van der Waals surface area contributed by atoms with Gasteiger partial charge < -0.3 is 9.73 Å². The zero-order valence-corrected chi connectivity index (χ0v) is 17.1. The fraction of sp³-hybridized carbons (Fsp3) is 0.412. The van der Waals surface area contributed by atoms with E-state index in [1.807, 2.05) is 0 Å². The second-order valence-electron chi connectivity index (χ2n) is 6.16. The first-order chi connectivity index (χ1) is 9.40. The molecule has 2 aliphatic rings. The summed E-state index contributed by atoms with van der Waals surface area (Å²) >= 11 is 0. The van der Waals surface area contributed by atoms with Crippen molar-refractivity contribution in [2.45, 2.75) is 32.8 Å². The summed E-state index contributed by atoms with van der Waals surface area (Å²) in [6.07, 6.45) is 1.05. The number of hydrogen-bond acceptors (Lipinski definition) is 2. The zero-order valence-electron chi connectivity index (χ0n) is 13.4. The average Bonchev–Trinajstić information content (AvgIpc) is 2.88. The van der Waals surface area contributed by atoms with Gasteiger partial charge in [0.25, 0.3) is 0 Å². The molecule has 2 nitrogen and oxygen atoms in total. The van der Waals surface area contributed by atoms with Crippen LogP contribution in [0.15, 0.2) is 34.6 Å². The van der Waals surface area contributed by atoms with Crippen molar-refractivity contribution in [1.29, 1.82) is 0 Å². The van der Waals surface area contributed by atoms with Crippen LogP contribution in [-0.4, -0.2) is 24.8 Å². The molecule has 0 atom stereocenters. The number of nitrogens with zero attached hydrogens (tertiary/aromatic N) is 1. The van der Waals surface area contributed by atoms with Crippen LogP contribution in [0.3, 0.4) is 0 Å². The minimum atomic E-state index is -0.283. The molecule has 0 saturated heterocycles. The quantitative estimate of drug-likeness (QED) is 0.553. The molecule has 0 N–H and O–H groups in total. The molecule has 21 heavy (non-hydrogen) atoms. The van der Waals surface area contributed by atoms with Gasteiger partial charge in [-0.05, 0) is 55.6 Å². The van der Waals surface area contributed by atoms with Gasteiger partial charge in [0.2, 0.25) is 0 Å². The third-order valence-corrected chi connectivity index (χ3v) is 5.64. The number of rotatable bonds is 2. The average molecular weight is 375 g/mol. The van der Waals surface area contributed by atoms with Crippen molar-refractivity contribution in [1.82, 2.24) is 0 Å². The van der Waals surface area contributed by atoms with E-state index in [1.165, 1.54) is 22.0 Å². The molecule has 0 aromatic heterocycles. The Morgan fingerprint density at radius 3 is 2.48 bits per heavy atom. The third kappa shape index (κ3) is 3.00. The Balaban J connectivity index is 0.00000161. The van der Waals surface area contributed by atoms with Gasteiger partial charge in [-0.15, -0.1) is 0 Å². The summed E-state index contributed by atoms with van der Waals surface area (Å²) in [7, 11) is -0.139. The number of allylic oxidation sites excluding steroid dienone is 1. The minimum Gasteiger partial charge on any atom is -0.567 e. The summed E-state index contributed by atoms with van der Waals surface area (Å²) in [5.74, 6) is 0.823. The van der Waals surface area contributed by atoms with Gasteiger partial charge in [-0.2, -0.15) is 0 Å². The summed E-state index contributed by atoms with van der Waals surface area (Å²) in [4.78, 5) is 4.72. The second kappa shape index (κ2) is 6.15. The molecule has 0 spiro atoms. The van der Waals surface area contributed by atoms with E-state index in [-0.39, 0.29) is 46.2 Å². The molecule has 0 bridgehead atoms. The number of benzene rings is 1. The van der Waals surface area contributed by atoms with Gasteiger partial charge in [-0.25, -0.2) is 0 Å². The van der Waals surface area contributed by atoms with Crippen LogP contribution in [0.2, 0.25) is 0 Å². The third-order valence-electron chi connectivity index (χ3n) is 4.18. The molecule has 1 radical (unpaired) electrons. The fourth-order valence-electron chi connectivity index (χ4n) is 2.70. The predicted molar refractivity (Wildman–Crippen MR) is 87.4 cm³/mol. The first-order valence-corrected chi connectivity index (χ1v) is 9.24. The summed E-state index contributed by atoms with van der Waals surface area (Å²) in [6.45, 7) is 10.8. The smallest absolute Gasteiger partial charge is 0.0619 e. The van der Waals surface area contributed by atoms with Gasteiger partial charge >= 0.3 is 0 Å². The fourth-order valence-corrected chi connectivity index (χ4v) is 3.85. The van der Waals surface area contributed by atoms with Crippen LogP contribution in [0.4, 0.5) is 0 Å². The van der Waals surface area contributed by atoms with Crippen molar-refractivity contribution in [2.75, 3.05) is 13.3 Å². The predicted octanol–water partition coefficient (Wildman–Crippen LogP) is 4.45. The molecular formula is C17H21NOPY-. The molecule has 109 valence electrons. The molecule has 1 aromatic carbocycles. The van der Waals surface area contributed by atoms with Gasteiger partial charge in [0.15, 0.2) is 0 Å². The molecule has 3 rings (SSSR count). The Morgan fingerprint density at radius 2 is 1.90 bits per heavy atom. The second-order valence-corrected chi connectivity index (χ2v) is 8.49. The number of ether oxygens (including phenoxy) is 1. The monoisotopic (exact) mass is 375 g/mol. The van der Waals surface area contributed by atoms with Crippen LogP contribution < -0.4 is 0 Å². The van der Waals surface area contributed by atoms with Crippen molar-refractivity contribution in [3.8, 4) is 0 Å². The maximum atomic E-state index is 6.15. The molecule has 0 amide bonds. The molecule has 1 aliphatic heterocycles. The largest absolute Gasteiger partial charge is 0.567 e. The topological polar surface area (TPSA) is 21.6 Å². The van der Waals surface area contributed by atoms with Crippen molar-refractivity contribution in [2.24, 2.45) is 4.99 Å². The Kier molecular flexibility index (Phi) is 5.03. The number of hydrogen-bond donors (Lipinski definition) is 0. The van der Waals surface area contributed by atoms with E-state index in [0.29, 0.717) is 0 Å². The van der Waals surface area contributed by atoms with Crippen molar-refractivity contribution in [3.05, 3.63) is 46.7 Å². The first-order valence-electron chi connectivity index (χ1n) is 7.01. The van der Waals surface area contributed by atoms with E-state index in [9.17, 15) is 0 Å². The van der Waals surface area contributed by atoms with E-state index in [0.717, 1.165) is 18.4 Å². The number of aliphatic imine (C=N–C) groups is 1. The maximum Gasteiger partial charge on any atom is 0.0619 e. The van der Waals surface area contributed by atoms with E-state index in [4.69, 9.17) is 9.73 Å². The maximum absolute atomic E-state index is 6.15.